The number of rotatable bonds is 14. The number of carbonyl (C=O) groups is 1. The lowest BCUT2D eigenvalue weighted by Crippen LogP contribution is -2.47. The molecule has 322 valence electrons. The zero-order valence-corrected chi connectivity index (χ0v) is 37.1. The van der Waals surface area contributed by atoms with Crippen molar-refractivity contribution < 1.29 is 34.8 Å². The van der Waals surface area contributed by atoms with Crippen molar-refractivity contribution in [1.29, 1.82) is 0 Å². The summed E-state index contributed by atoms with van der Waals surface area (Å²) in [6.07, 6.45) is 3.16. The monoisotopic (exact) mass is 902 g/mol. The van der Waals surface area contributed by atoms with Crippen molar-refractivity contribution in [2.24, 2.45) is 11.3 Å². The number of anilines is 2. The highest BCUT2D eigenvalue weighted by molar-refractivity contribution is 7.99. The quantitative estimate of drug-likeness (QED) is 0.119. The highest BCUT2D eigenvalue weighted by Crippen LogP contribution is 2.43. The van der Waals surface area contributed by atoms with Gasteiger partial charge in [-0.25, -0.2) is 21.6 Å². The lowest BCUT2D eigenvalue weighted by atomic mass is 9.73. The number of sulfone groups is 1. The molecule has 9 nitrogen and oxygen atoms in total. The van der Waals surface area contributed by atoms with Crippen molar-refractivity contribution >= 4 is 66.1 Å². The molecule has 1 saturated heterocycles. The highest BCUT2D eigenvalue weighted by atomic mass is 35.5. The number of benzene rings is 4. The van der Waals surface area contributed by atoms with E-state index in [-0.39, 0.29) is 16.9 Å². The second-order valence-electron chi connectivity index (χ2n) is 16.4. The fraction of sp³-hybridized carbons (Fsp3) is 0.386. The Bertz CT molecular complexity index is 2400. The molecule has 4 aromatic rings. The second kappa shape index (κ2) is 18.5. The van der Waals surface area contributed by atoms with Gasteiger partial charge in [0, 0.05) is 65.7 Å². The van der Waals surface area contributed by atoms with Gasteiger partial charge in [0.05, 0.1) is 10.6 Å². The second-order valence-corrected chi connectivity index (χ2v) is 21.5. The Balaban J connectivity index is 1.12. The molecular formula is C44H50ClF3N4O5S3. The van der Waals surface area contributed by atoms with Crippen LogP contribution in [0.15, 0.2) is 117 Å². The minimum absolute atomic E-state index is 0.000320. The van der Waals surface area contributed by atoms with Gasteiger partial charge in [-0.15, -0.1) is 11.8 Å². The van der Waals surface area contributed by atoms with Crippen LogP contribution < -0.4 is 14.9 Å². The summed E-state index contributed by atoms with van der Waals surface area (Å²) in [6.45, 7) is 12.3. The van der Waals surface area contributed by atoms with Crippen LogP contribution in [-0.4, -0.2) is 77.7 Å². The first-order valence-corrected chi connectivity index (χ1v) is 24.1. The van der Waals surface area contributed by atoms with E-state index in [1.807, 2.05) is 61.0 Å². The third-order valence-electron chi connectivity index (χ3n) is 11.0. The Labute approximate surface area is 360 Å². The molecule has 1 fully saturated rings. The number of hydrogen-bond donors (Lipinski definition) is 2. The lowest BCUT2D eigenvalue weighted by molar-refractivity contribution is -0.0435. The van der Waals surface area contributed by atoms with E-state index in [1.54, 1.807) is 12.1 Å². The Morgan fingerprint density at radius 3 is 2.15 bits per heavy atom. The number of nitrogens with zero attached hydrogens (tertiary/aromatic N) is 2. The fourth-order valence-corrected chi connectivity index (χ4v) is 10.8. The molecule has 16 heteroatoms. The van der Waals surface area contributed by atoms with Gasteiger partial charge in [0.2, 0.25) is 0 Å². The highest BCUT2D eigenvalue weighted by Gasteiger charge is 2.48. The van der Waals surface area contributed by atoms with E-state index in [0.29, 0.717) is 16.8 Å². The van der Waals surface area contributed by atoms with Crippen molar-refractivity contribution in [2.45, 2.75) is 73.2 Å². The molecule has 60 heavy (non-hydrogen) atoms. The first kappa shape index (κ1) is 45.5. The van der Waals surface area contributed by atoms with E-state index < -0.39 is 52.8 Å². The predicted octanol–water partition coefficient (Wildman–Crippen LogP) is 9.77. The molecule has 6 rings (SSSR count). The van der Waals surface area contributed by atoms with E-state index in [2.05, 4.69) is 41.1 Å². The number of amides is 1. The van der Waals surface area contributed by atoms with Crippen LogP contribution in [0.5, 0.6) is 0 Å². The number of nitrogens with one attached hydrogen (secondary N) is 2. The Hall–Kier alpha value is -4.02. The predicted molar refractivity (Wildman–Crippen MR) is 235 cm³/mol. The van der Waals surface area contributed by atoms with Crippen molar-refractivity contribution in [3.8, 4) is 0 Å². The SMILES string of the molecule is CC(C)[C@H](CSc1ccccc1)Nc1ccc(S(=O)(=O)NC(=O)c2ccc(N3CCN(CC4=C(c5ccc(Cl)cc5)CCC(C)(C)C4)CC3)cc2)cc1S(=O)(=O)C(F)(F)F. The number of thioether (sulfide) groups is 1. The van der Waals surface area contributed by atoms with Gasteiger partial charge in [-0.3, -0.25) is 9.69 Å². The van der Waals surface area contributed by atoms with Gasteiger partial charge in [0.15, 0.2) is 0 Å². The normalized spacial score (nSPS) is 17.1. The van der Waals surface area contributed by atoms with Crippen molar-refractivity contribution in [3.63, 3.8) is 0 Å². The molecule has 1 amide bonds. The summed E-state index contributed by atoms with van der Waals surface area (Å²) in [5.74, 6) is -0.790. The summed E-state index contributed by atoms with van der Waals surface area (Å²) >= 11 is 7.61. The average Bonchev–Trinajstić information content (AvgIpc) is 3.19. The Kier molecular flexibility index (Phi) is 14.1. The van der Waals surface area contributed by atoms with Gasteiger partial charge in [-0.1, -0.05) is 75.2 Å². The van der Waals surface area contributed by atoms with Gasteiger partial charge >= 0.3 is 5.51 Å². The van der Waals surface area contributed by atoms with Gasteiger partial charge in [0.25, 0.3) is 25.8 Å². The molecule has 0 spiro atoms. The molecule has 0 bridgehead atoms. The number of alkyl halides is 3. The molecule has 1 heterocycles. The van der Waals surface area contributed by atoms with E-state index in [1.165, 1.54) is 40.6 Å². The Morgan fingerprint density at radius 1 is 0.883 bits per heavy atom. The zero-order valence-electron chi connectivity index (χ0n) is 33.9. The summed E-state index contributed by atoms with van der Waals surface area (Å²) in [5.41, 5.74) is -0.991. The molecule has 1 aliphatic heterocycles. The molecule has 4 aromatic carbocycles. The maximum Gasteiger partial charge on any atom is 0.501 e. The largest absolute Gasteiger partial charge is 0.501 e. The van der Waals surface area contributed by atoms with E-state index in [9.17, 15) is 34.8 Å². The first-order chi connectivity index (χ1) is 28.2. The number of allylic oxidation sites excluding steroid dienone is 1. The number of halogens is 4. The molecule has 2 aliphatic rings. The topological polar surface area (TPSA) is 116 Å². The van der Waals surface area contributed by atoms with E-state index in [4.69, 9.17) is 11.6 Å². The minimum Gasteiger partial charge on any atom is -0.380 e. The summed E-state index contributed by atoms with van der Waals surface area (Å²) in [4.78, 5) is 16.7. The van der Waals surface area contributed by atoms with Crippen molar-refractivity contribution in [1.82, 2.24) is 9.62 Å². The zero-order chi connectivity index (χ0) is 43.5. The van der Waals surface area contributed by atoms with Crippen molar-refractivity contribution in [2.75, 3.05) is 48.7 Å². The van der Waals surface area contributed by atoms with Gasteiger partial charge in [-0.2, -0.15) is 13.2 Å². The number of carbonyl (C=O) groups excluding carboxylic acids is 1. The number of piperazine rings is 1. The van der Waals surface area contributed by atoms with Gasteiger partial charge < -0.3 is 10.2 Å². The van der Waals surface area contributed by atoms with Gasteiger partial charge in [-0.05, 0) is 108 Å². The fourth-order valence-electron chi connectivity index (χ4n) is 7.50. The van der Waals surface area contributed by atoms with Crippen LogP contribution in [0.25, 0.3) is 5.57 Å². The molecule has 2 N–H and O–H groups in total. The third-order valence-corrected chi connectivity index (χ3v) is 15.3. The molecular weight excluding hydrogens is 853 g/mol. The van der Waals surface area contributed by atoms with Gasteiger partial charge in [0.1, 0.15) is 4.90 Å². The van der Waals surface area contributed by atoms with Crippen molar-refractivity contribution in [3.05, 3.63) is 119 Å². The van der Waals surface area contributed by atoms with Crippen LogP contribution in [0.4, 0.5) is 24.5 Å². The molecule has 0 unspecified atom stereocenters. The van der Waals surface area contributed by atoms with Crippen LogP contribution in [-0.2, 0) is 19.9 Å². The maximum atomic E-state index is 14.0. The first-order valence-electron chi connectivity index (χ1n) is 19.7. The standard InChI is InChI=1S/C44H50ClF3N4O5S3/c1-30(2)40(29-58-36-8-6-5-7-9-36)49-39-19-18-37(26-41(39)59(54,55)44(46,47)48)60(56,57)50-42(53)32-12-16-35(17-13-32)52-24-22-51(23-25-52)28-33-27-43(3,4)21-20-38(33)31-10-14-34(45)15-11-31/h5-19,26,30,40,49H,20-25,27-29H2,1-4H3,(H,50,53)/t40-/m0/s1. The molecule has 0 radical (unpaired) electrons. The lowest BCUT2D eigenvalue weighted by Gasteiger charge is -2.39. The molecule has 0 saturated carbocycles. The van der Waals surface area contributed by atoms with Crippen LogP contribution in [0, 0.1) is 11.3 Å². The number of sulfonamides is 1. The molecule has 1 aliphatic carbocycles. The summed E-state index contributed by atoms with van der Waals surface area (Å²) in [7, 11) is -10.8. The average molecular weight is 904 g/mol. The summed E-state index contributed by atoms with van der Waals surface area (Å²) in [6, 6.07) is 25.7. The number of hydrogen-bond acceptors (Lipinski definition) is 9. The molecule has 1 atom stereocenters. The smallest absolute Gasteiger partial charge is 0.380 e. The third kappa shape index (κ3) is 11.1. The van der Waals surface area contributed by atoms with Crippen LogP contribution in [0.1, 0.15) is 62.9 Å². The van der Waals surface area contributed by atoms with Crippen LogP contribution >= 0.6 is 23.4 Å². The van der Waals surface area contributed by atoms with Crippen LogP contribution in [0.3, 0.4) is 0 Å². The van der Waals surface area contributed by atoms with E-state index in [0.717, 1.165) is 74.7 Å². The minimum atomic E-state index is -6.02. The van der Waals surface area contributed by atoms with Crippen LogP contribution in [0.2, 0.25) is 5.02 Å². The maximum absolute atomic E-state index is 14.0. The summed E-state index contributed by atoms with van der Waals surface area (Å²) in [5, 5.41) is 3.63. The van der Waals surface area contributed by atoms with E-state index >= 15 is 0 Å². The summed E-state index contributed by atoms with van der Waals surface area (Å²) < 4.78 is 96.3. The molecule has 0 aromatic heterocycles. The Morgan fingerprint density at radius 2 is 1.53 bits per heavy atom.